The summed E-state index contributed by atoms with van der Waals surface area (Å²) in [5.74, 6) is -1.02. The monoisotopic (exact) mass is 281 g/mol. The number of hydrogen-bond acceptors (Lipinski definition) is 2. The second-order valence-corrected chi connectivity index (χ2v) is 4.55. The highest BCUT2D eigenvalue weighted by Gasteiger charge is 2.12. The van der Waals surface area contributed by atoms with Crippen LogP contribution in [-0.4, -0.2) is 17.1 Å². The molecule has 1 aromatic rings. The van der Waals surface area contributed by atoms with Gasteiger partial charge < -0.3 is 10.8 Å². The predicted molar refractivity (Wildman–Crippen MR) is 65.4 cm³/mol. The summed E-state index contributed by atoms with van der Waals surface area (Å²) in [5.41, 5.74) is 6.19. The molecule has 0 amide bonds. The maximum absolute atomic E-state index is 10.5. The standard InChI is InChI=1S/C10H10Cl3NO2/c11-6-3-5(4-7(12)9(6)13)1-2-8(14)10(15)16/h3-4,8H,1-2,14H2,(H,15,16)/t8-/m0/s1. The lowest BCUT2D eigenvalue weighted by molar-refractivity contribution is -0.138. The average molecular weight is 283 g/mol. The molecule has 16 heavy (non-hydrogen) atoms. The molecular weight excluding hydrogens is 272 g/mol. The molecule has 3 N–H and O–H groups in total. The van der Waals surface area contributed by atoms with Gasteiger partial charge in [-0.15, -0.1) is 0 Å². The molecule has 6 heteroatoms. The van der Waals surface area contributed by atoms with Crippen LogP contribution in [-0.2, 0) is 11.2 Å². The van der Waals surface area contributed by atoms with Gasteiger partial charge in [0.1, 0.15) is 6.04 Å². The number of aryl methyl sites for hydroxylation is 1. The maximum atomic E-state index is 10.5. The maximum Gasteiger partial charge on any atom is 0.320 e. The zero-order chi connectivity index (χ0) is 12.3. The molecular formula is C10H10Cl3NO2. The lowest BCUT2D eigenvalue weighted by atomic mass is 10.1. The van der Waals surface area contributed by atoms with Gasteiger partial charge in [-0.05, 0) is 30.5 Å². The minimum Gasteiger partial charge on any atom is -0.480 e. The Morgan fingerprint density at radius 2 is 1.81 bits per heavy atom. The summed E-state index contributed by atoms with van der Waals surface area (Å²) in [6.07, 6.45) is 0.813. The Balaban J connectivity index is 2.72. The summed E-state index contributed by atoms with van der Waals surface area (Å²) in [6.45, 7) is 0. The average Bonchev–Trinajstić information content (AvgIpc) is 2.22. The number of carboxylic acid groups (broad SMARTS) is 1. The molecule has 1 aromatic carbocycles. The topological polar surface area (TPSA) is 63.3 Å². The van der Waals surface area contributed by atoms with Gasteiger partial charge in [-0.2, -0.15) is 0 Å². The van der Waals surface area contributed by atoms with Crippen molar-refractivity contribution in [3.05, 3.63) is 32.8 Å². The van der Waals surface area contributed by atoms with Crippen molar-refractivity contribution in [2.45, 2.75) is 18.9 Å². The molecule has 0 saturated heterocycles. The minimum absolute atomic E-state index is 0.301. The van der Waals surface area contributed by atoms with Gasteiger partial charge in [0.05, 0.1) is 15.1 Å². The zero-order valence-electron chi connectivity index (χ0n) is 8.21. The molecule has 1 rings (SSSR count). The number of halogens is 3. The van der Waals surface area contributed by atoms with E-state index in [1.165, 1.54) is 0 Å². The molecule has 0 spiro atoms. The zero-order valence-corrected chi connectivity index (χ0v) is 10.5. The van der Waals surface area contributed by atoms with Crippen molar-refractivity contribution in [2.24, 2.45) is 5.73 Å². The number of nitrogens with two attached hydrogens (primary N) is 1. The van der Waals surface area contributed by atoms with Crippen LogP contribution in [0.5, 0.6) is 0 Å². The number of hydrogen-bond donors (Lipinski definition) is 2. The highest BCUT2D eigenvalue weighted by molar-refractivity contribution is 6.48. The van der Waals surface area contributed by atoms with E-state index in [-0.39, 0.29) is 0 Å². The molecule has 0 saturated carbocycles. The molecule has 0 aromatic heterocycles. The van der Waals surface area contributed by atoms with Crippen molar-refractivity contribution in [1.82, 2.24) is 0 Å². The quantitative estimate of drug-likeness (QED) is 0.835. The molecule has 0 aliphatic rings. The van der Waals surface area contributed by atoms with Crippen LogP contribution in [0, 0.1) is 0 Å². The molecule has 0 aliphatic carbocycles. The van der Waals surface area contributed by atoms with Gasteiger partial charge in [-0.25, -0.2) is 0 Å². The summed E-state index contributed by atoms with van der Waals surface area (Å²) < 4.78 is 0. The summed E-state index contributed by atoms with van der Waals surface area (Å²) in [4.78, 5) is 10.5. The molecule has 0 bridgehead atoms. The highest BCUT2D eigenvalue weighted by Crippen LogP contribution is 2.31. The Labute approximate surface area is 108 Å². The van der Waals surface area contributed by atoms with Crippen molar-refractivity contribution in [1.29, 1.82) is 0 Å². The van der Waals surface area contributed by atoms with Gasteiger partial charge in [-0.1, -0.05) is 34.8 Å². The van der Waals surface area contributed by atoms with Gasteiger partial charge in [0.15, 0.2) is 0 Å². The molecule has 0 fully saturated rings. The summed E-state index contributed by atoms with van der Waals surface area (Å²) in [5, 5.41) is 9.63. The molecule has 88 valence electrons. The molecule has 0 radical (unpaired) electrons. The van der Waals surface area contributed by atoms with E-state index >= 15 is 0 Å². The fourth-order valence-corrected chi connectivity index (χ4v) is 1.84. The first-order valence-electron chi connectivity index (χ1n) is 4.53. The minimum atomic E-state index is -1.02. The predicted octanol–water partition coefficient (Wildman–Crippen LogP) is 2.99. The highest BCUT2D eigenvalue weighted by atomic mass is 35.5. The third kappa shape index (κ3) is 3.52. The summed E-state index contributed by atoms with van der Waals surface area (Å²) >= 11 is 17.4. The van der Waals surface area contributed by atoms with Crippen LogP contribution in [0.2, 0.25) is 15.1 Å². The van der Waals surface area contributed by atoms with Crippen LogP contribution in [0.3, 0.4) is 0 Å². The van der Waals surface area contributed by atoms with Crippen LogP contribution >= 0.6 is 34.8 Å². The van der Waals surface area contributed by atoms with Crippen molar-refractivity contribution in [3.8, 4) is 0 Å². The van der Waals surface area contributed by atoms with Crippen LogP contribution in [0.15, 0.2) is 12.1 Å². The van der Waals surface area contributed by atoms with E-state index in [0.717, 1.165) is 5.56 Å². The summed E-state index contributed by atoms with van der Waals surface area (Å²) in [7, 11) is 0. The second kappa shape index (κ2) is 5.73. The SMILES string of the molecule is N[C@@H](CCc1cc(Cl)c(Cl)c(Cl)c1)C(=O)O. The van der Waals surface area contributed by atoms with E-state index in [2.05, 4.69) is 0 Å². The molecule has 1 atom stereocenters. The molecule has 0 aliphatic heterocycles. The Morgan fingerprint density at radius 1 is 1.31 bits per heavy atom. The molecule has 0 heterocycles. The van der Waals surface area contributed by atoms with E-state index in [1.54, 1.807) is 12.1 Å². The van der Waals surface area contributed by atoms with Crippen LogP contribution in [0.1, 0.15) is 12.0 Å². The Bertz CT molecular complexity index is 386. The lowest BCUT2D eigenvalue weighted by Gasteiger charge is -2.08. The van der Waals surface area contributed by atoms with E-state index in [4.69, 9.17) is 45.6 Å². The molecule has 0 unspecified atom stereocenters. The normalized spacial score (nSPS) is 12.5. The van der Waals surface area contributed by atoms with Gasteiger partial charge >= 0.3 is 5.97 Å². The van der Waals surface area contributed by atoms with Crippen LogP contribution in [0.25, 0.3) is 0 Å². The number of aliphatic carboxylic acids is 1. The van der Waals surface area contributed by atoms with Gasteiger partial charge in [0.25, 0.3) is 0 Å². The largest absolute Gasteiger partial charge is 0.480 e. The Kier molecular flexibility index (Phi) is 4.87. The van der Waals surface area contributed by atoms with E-state index in [0.29, 0.717) is 27.9 Å². The third-order valence-electron chi connectivity index (χ3n) is 2.10. The number of carboxylic acids is 1. The van der Waals surface area contributed by atoms with Gasteiger partial charge in [0, 0.05) is 0 Å². The van der Waals surface area contributed by atoms with Gasteiger partial charge in [0.2, 0.25) is 0 Å². The van der Waals surface area contributed by atoms with E-state index < -0.39 is 12.0 Å². The smallest absolute Gasteiger partial charge is 0.320 e. The first-order valence-corrected chi connectivity index (χ1v) is 5.67. The Morgan fingerprint density at radius 3 is 2.25 bits per heavy atom. The van der Waals surface area contributed by atoms with Crippen molar-refractivity contribution < 1.29 is 9.90 Å². The Hall–Kier alpha value is -0.480. The summed E-state index contributed by atoms with van der Waals surface area (Å²) in [6, 6.07) is 2.43. The third-order valence-corrected chi connectivity index (χ3v) is 3.30. The number of carbonyl (C=O) groups is 1. The van der Waals surface area contributed by atoms with Crippen LogP contribution in [0.4, 0.5) is 0 Å². The van der Waals surface area contributed by atoms with E-state index in [9.17, 15) is 4.79 Å². The molecule has 3 nitrogen and oxygen atoms in total. The van der Waals surface area contributed by atoms with Gasteiger partial charge in [-0.3, -0.25) is 4.79 Å². The number of rotatable bonds is 4. The number of benzene rings is 1. The fraction of sp³-hybridized carbons (Fsp3) is 0.300. The van der Waals surface area contributed by atoms with Crippen molar-refractivity contribution >= 4 is 40.8 Å². The van der Waals surface area contributed by atoms with Crippen molar-refractivity contribution in [2.75, 3.05) is 0 Å². The van der Waals surface area contributed by atoms with E-state index in [1.807, 2.05) is 0 Å². The fourth-order valence-electron chi connectivity index (χ4n) is 1.20. The first-order chi connectivity index (χ1) is 7.41. The van der Waals surface area contributed by atoms with Crippen LogP contribution < -0.4 is 5.73 Å². The first kappa shape index (κ1) is 13.6. The second-order valence-electron chi connectivity index (χ2n) is 3.36. The lowest BCUT2D eigenvalue weighted by Crippen LogP contribution is -2.30. The van der Waals surface area contributed by atoms with Crippen molar-refractivity contribution in [3.63, 3.8) is 0 Å².